The lowest BCUT2D eigenvalue weighted by atomic mass is 9.85. The molecule has 0 fully saturated rings. The average molecular weight is 455 g/mol. The van der Waals surface area contributed by atoms with Gasteiger partial charge in [0.1, 0.15) is 11.4 Å². The van der Waals surface area contributed by atoms with E-state index in [2.05, 4.69) is 94.4 Å². The quantitative estimate of drug-likeness (QED) is 0.436. The summed E-state index contributed by atoms with van der Waals surface area (Å²) in [5.41, 5.74) is 4.34. The van der Waals surface area contributed by atoms with Crippen LogP contribution in [0.2, 0.25) is 0 Å². The second-order valence-corrected chi connectivity index (χ2v) is 11.5. The molecule has 32 heavy (non-hydrogen) atoms. The van der Waals surface area contributed by atoms with Crippen molar-refractivity contribution in [1.29, 1.82) is 0 Å². The molecule has 2 aromatic carbocycles. The molecule has 3 atom stereocenters. The maximum Gasteiger partial charge on any atom is 0.516 e. The second-order valence-electron chi connectivity index (χ2n) is 8.73. The summed E-state index contributed by atoms with van der Waals surface area (Å²) in [5, 5.41) is 10.5. The second kappa shape index (κ2) is 7.15. The molecular formula is C26H22N4S2+2. The number of azo groups is 4. The first kappa shape index (κ1) is 18.8. The van der Waals surface area contributed by atoms with Gasteiger partial charge < -0.3 is 0 Å². The number of para-hydroxylation sites is 2. The van der Waals surface area contributed by atoms with Crippen molar-refractivity contribution < 1.29 is 9.39 Å². The highest BCUT2D eigenvalue weighted by Gasteiger charge is 2.66. The average Bonchev–Trinajstić information content (AvgIpc) is 2.84. The van der Waals surface area contributed by atoms with E-state index in [0.29, 0.717) is 11.8 Å². The van der Waals surface area contributed by atoms with Gasteiger partial charge in [0.2, 0.25) is 11.4 Å². The summed E-state index contributed by atoms with van der Waals surface area (Å²) in [6.07, 6.45) is 12.8. The van der Waals surface area contributed by atoms with Crippen LogP contribution < -0.4 is 0 Å². The molecule has 0 amide bonds. The zero-order chi connectivity index (χ0) is 21.1. The molecule has 0 saturated carbocycles. The number of rotatable bonds is 2. The predicted octanol–water partition coefficient (Wildman–Crippen LogP) is 7.66. The summed E-state index contributed by atoms with van der Waals surface area (Å²) in [7, 11) is 0. The van der Waals surface area contributed by atoms with Crippen LogP contribution in [0, 0.1) is 11.8 Å². The Morgan fingerprint density at radius 1 is 0.844 bits per heavy atom. The minimum absolute atomic E-state index is 0.556. The summed E-state index contributed by atoms with van der Waals surface area (Å²) in [5.74, 6) is 1.14. The lowest BCUT2D eigenvalue weighted by Crippen LogP contribution is -2.45. The molecule has 2 unspecified atom stereocenters. The number of hydrogen-bond donors (Lipinski definition) is 0. The van der Waals surface area contributed by atoms with E-state index in [1.807, 2.05) is 23.5 Å². The summed E-state index contributed by atoms with van der Waals surface area (Å²) in [6, 6.07) is 21.1. The number of benzene rings is 2. The number of hydrogen-bond acceptors (Lipinski definition) is 4. The Bertz CT molecular complexity index is 1300. The maximum absolute atomic E-state index is 5.26. The Morgan fingerprint density at radius 2 is 1.56 bits per heavy atom. The first-order valence-corrected chi connectivity index (χ1v) is 12.8. The molecule has 156 valence electrons. The van der Waals surface area contributed by atoms with Crippen LogP contribution in [-0.4, -0.2) is 13.7 Å². The first-order valence-electron chi connectivity index (χ1n) is 11.1. The van der Waals surface area contributed by atoms with Crippen molar-refractivity contribution in [3.8, 4) is 0 Å². The number of nitrogens with zero attached hydrogens (tertiary/aromatic N) is 4. The van der Waals surface area contributed by atoms with Crippen LogP contribution in [0.25, 0.3) is 0 Å². The highest BCUT2D eigenvalue weighted by Crippen LogP contribution is 2.60. The zero-order valence-electron chi connectivity index (χ0n) is 17.5. The molecule has 0 saturated heterocycles. The molecular weight excluding hydrogens is 432 g/mol. The van der Waals surface area contributed by atoms with Crippen molar-refractivity contribution in [2.24, 2.45) is 22.1 Å². The van der Waals surface area contributed by atoms with E-state index in [9.17, 15) is 0 Å². The normalized spacial score (nSPS) is 29.9. The third-order valence-corrected chi connectivity index (χ3v) is 9.48. The molecule has 0 N–H and O–H groups in total. The fourth-order valence-electron chi connectivity index (χ4n) is 5.05. The van der Waals surface area contributed by atoms with Crippen LogP contribution in [0.1, 0.15) is 19.3 Å². The van der Waals surface area contributed by atoms with Crippen LogP contribution in [0.4, 0.5) is 11.4 Å². The van der Waals surface area contributed by atoms with Gasteiger partial charge in [0, 0.05) is 72.3 Å². The van der Waals surface area contributed by atoms with Gasteiger partial charge in [0.25, 0.3) is 0 Å². The predicted molar refractivity (Wildman–Crippen MR) is 129 cm³/mol. The van der Waals surface area contributed by atoms with Crippen LogP contribution >= 0.6 is 23.5 Å². The molecule has 2 aliphatic carbocycles. The minimum atomic E-state index is -0.556. The standard InChI is InChI=1S/C26H22N4S2/c1-3-7-20(8-4-1)29-26-30(21-9-5-2-6-10-21)28-23-14-12-19(17-25(23)32-26)15-18-11-13-22(27-29)24(16-18)31-26/h1-11,13-14,17-19H,12,15-16H2/q+2/t18?,19?,26-/m0/s1. The SMILES string of the molecule is C1=CC2CC3=C1N=[N+](c1ccccc1)[C@@]1(SC4=CC(CC=C4N=[N+]1c1ccccc1)C2)S3. The van der Waals surface area contributed by atoms with E-state index >= 15 is 0 Å². The van der Waals surface area contributed by atoms with E-state index in [1.165, 1.54) is 16.2 Å². The molecule has 3 heterocycles. The minimum Gasteiger partial charge on any atom is -0.0786 e. The molecule has 5 aliphatic rings. The highest BCUT2D eigenvalue weighted by molar-refractivity contribution is 8.21. The van der Waals surface area contributed by atoms with Crippen LogP contribution in [-0.2, 0) is 0 Å². The molecule has 6 heteroatoms. The maximum atomic E-state index is 5.26. The fourth-order valence-corrected chi connectivity index (χ4v) is 8.32. The highest BCUT2D eigenvalue weighted by atomic mass is 32.2. The first-order chi connectivity index (χ1) is 15.8. The molecule has 1 spiro atoms. The van der Waals surface area contributed by atoms with E-state index in [1.54, 1.807) is 0 Å². The lowest BCUT2D eigenvalue weighted by Gasteiger charge is -2.34. The van der Waals surface area contributed by atoms with Gasteiger partial charge in [-0.15, -0.1) is 0 Å². The van der Waals surface area contributed by atoms with Crippen molar-refractivity contribution in [1.82, 2.24) is 0 Å². The van der Waals surface area contributed by atoms with Gasteiger partial charge in [0.05, 0.1) is 4.91 Å². The fraction of sp³-hybridized carbons (Fsp3) is 0.231. The van der Waals surface area contributed by atoms with Crippen LogP contribution in [0.15, 0.2) is 116 Å². The van der Waals surface area contributed by atoms with Crippen molar-refractivity contribution in [3.63, 3.8) is 0 Å². The molecule has 4 nitrogen and oxygen atoms in total. The summed E-state index contributed by atoms with van der Waals surface area (Å²) in [6.45, 7) is 0. The Balaban J connectivity index is 1.54. The van der Waals surface area contributed by atoms with Crippen LogP contribution in [0.5, 0.6) is 0 Å². The third-order valence-electron chi connectivity index (χ3n) is 6.57. The van der Waals surface area contributed by atoms with Crippen molar-refractivity contribution in [2.75, 3.05) is 0 Å². The molecule has 0 radical (unpaired) electrons. The Hall–Kier alpha value is -2.70. The molecule has 5 bridgehead atoms. The smallest absolute Gasteiger partial charge is 0.0786 e. The van der Waals surface area contributed by atoms with Crippen molar-refractivity contribution in [2.45, 2.75) is 23.6 Å². The van der Waals surface area contributed by atoms with E-state index in [-0.39, 0.29) is 0 Å². The van der Waals surface area contributed by atoms with Gasteiger partial charge >= 0.3 is 4.33 Å². The topological polar surface area (TPSA) is 30.7 Å². The van der Waals surface area contributed by atoms with Gasteiger partial charge in [-0.2, -0.15) is 0 Å². The molecule has 2 aromatic rings. The van der Waals surface area contributed by atoms with Gasteiger partial charge in [-0.3, -0.25) is 0 Å². The van der Waals surface area contributed by atoms with Crippen LogP contribution in [0.3, 0.4) is 0 Å². The van der Waals surface area contributed by atoms with Gasteiger partial charge in [0.15, 0.2) is 0 Å². The van der Waals surface area contributed by atoms with Gasteiger partial charge in [-0.1, -0.05) is 54.6 Å². The monoisotopic (exact) mass is 454 g/mol. The van der Waals surface area contributed by atoms with Crippen molar-refractivity contribution >= 4 is 34.9 Å². The Morgan fingerprint density at radius 3 is 2.31 bits per heavy atom. The van der Waals surface area contributed by atoms with E-state index in [0.717, 1.165) is 35.6 Å². The largest absolute Gasteiger partial charge is 0.516 e. The van der Waals surface area contributed by atoms with Gasteiger partial charge in [-0.25, -0.2) is 0 Å². The van der Waals surface area contributed by atoms with E-state index < -0.39 is 4.33 Å². The Kier molecular flexibility index (Phi) is 4.21. The molecule has 7 rings (SSSR count). The van der Waals surface area contributed by atoms with Crippen molar-refractivity contribution in [3.05, 3.63) is 106 Å². The summed E-state index contributed by atoms with van der Waals surface area (Å²) >= 11 is 3.81. The third kappa shape index (κ3) is 2.86. The molecule has 3 aliphatic heterocycles. The lowest BCUT2D eigenvalue weighted by molar-refractivity contribution is -0.753. The van der Waals surface area contributed by atoms with Gasteiger partial charge in [-0.05, 0) is 37.2 Å². The zero-order valence-corrected chi connectivity index (χ0v) is 19.1. The van der Waals surface area contributed by atoms with E-state index in [4.69, 9.17) is 10.2 Å². The number of allylic oxidation sites excluding steroid dienone is 5. The Labute approximate surface area is 195 Å². The molecule has 0 aromatic heterocycles. The summed E-state index contributed by atoms with van der Waals surface area (Å²) < 4.78 is 3.83. The number of thioether (sulfide) groups is 2. The number of fused-ring (bicyclic) bond motifs is 2. The summed E-state index contributed by atoms with van der Waals surface area (Å²) in [4.78, 5) is 2.66.